The van der Waals surface area contributed by atoms with E-state index in [0.29, 0.717) is 24.7 Å². The highest BCUT2D eigenvalue weighted by molar-refractivity contribution is 6.30. The minimum atomic E-state index is -0.0805. The molecular formula is C20H24ClN3O2. The lowest BCUT2D eigenvalue weighted by Crippen LogP contribution is -2.50. The number of anilines is 1. The van der Waals surface area contributed by atoms with Crippen LogP contribution in [0.5, 0.6) is 5.75 Å². The molecule has 2 amide bonds. The zero-order chi connectivity index (χ0) is 18.4. The van der Waals surface area contributed by atoms with Crippen LogP contribution in [0, 0.1) is 6.92 Å². The van der Waals surface area contributed by atoms with Gasteiger partial charge in [-0.25, -0.2) is 4.79 Å². The lowest BCUT2D eigenvalue weighted by molar-refractivity contribution is 0.132. The Labute approximate surface area is 159 Å². The number of ether oxygens (including phenoxy) is 1. The molecule has 0 bridgehead atoms. The summed E-state index contributed by atoms with van der Waals surface area (Å²) in [6.45, 7) is 6.66. The molecule has 1 aliphatic rings. The number of carbonyl (C=O) groups excluding carboxylic acids is 1. The average Bonchev–Trinajstić information content (AvgIpc) is 2.64. The van der Waals surface area contributed by atoms with E-state index in [0.717, 1.165) is 36.6 Å². The maximum atomic E-state index is 12.4. The third-order valence-corrected chi connectivity index (χ3v) is 4.73. The predicted octanol–water partition coefficient (Wildman–Crippen LogP) is 3.88. The molecule has 1 heterocycles. The smallest absolute Gasteiger partial charge is 0.321 e. The second-order valence-corrected chi connectivity index (χ2v) is 6.82. The molecular weight excluding hydrogens is 350 g/mol. The minimum absolute atomic E-state index is 0.0805. The molecule has 5 nitrogen and oxygen atoms in total. The molecule has 26 heavy (non-hydrogen) atoms. The number of benzene rings is 2. The van der Waals surface area contributed by atoms with Crippen LogP contribution in [0.15, 0.2) is 48.5 Å². The van der Waals surface area contributed by atoms with Gasteiger partial charge in [0.05, 0.1) is 0 Å². The van der Waals surface area contributed by atoms with Gasteiger partial charge < -0.3 is 15.0 Å². The Kier molecular flexibility index (Phi) is 6.36. The van der Waals surface area contributed by atoms with E-state index in [9.17, 15) is 4.79 Å². The van der Waals surface area contributed by atoms with Crippen LogP contribution in [0.1, 0.15) is 5.56 Å². The number of carbonyl (C=O) groups is 1. The number of nitrogens with one attached hydrogen (secondary N) is 1. The Balaban J connectivity index is 1.40. The van der Waals surface area contributed by atoms with Gasteiger partial charge in [-0.05, 0) is 36.8 Å². The number of hydrogen-bond acceptors (Lipinski definition) is 3. The lowest BCUT2D eigenvalue weighted by Gasteiger charge is -2.34. The quantitative estimate of drug-likeness (QED) is 0.865. The van der Waals surface area contributed by atoms with Crippen molar-refractivity contribution in [3.8, 4) is 5.75 Å². The molecule has 2 aromatic rings. The number of nitrogens with zero attached hydrogens (tertiary/aromatic N) is 2. The van der Waals surface area contributed by atoms with E-state index in [4.69, 9.17) is 16.3 Å². The predicted molar refractivity (Wildman–Crippen MR) is 105 cm³/mol. The summed E-state index contributed by atoms with van der Waals surface area (Å²) < 4.78 is 5.86. The van der Waals surface area contributed by atoms with Crippen molar-refractivity contribution in [1.29, 1.82) is 0 Å². The Morgan fingerprint density at radius 2 is 1.88 bits per heavy atom. The van der Waals surface area contributed by atoms with Crippen molar-refractivity contribution in [2.45, 2.75) is 6.92 Å². The molecule has 0 aromatic heterocycles. The third kappa shape index (κ3) is 5.13. The summed E-state index contributed by atoms with van der Waals surface area (Å²) in [4.78, 5) is 16.5. The summed E-state index contributed by atoms with van der Waals surface area (Å²) in [5, 5.41) is 3.51. The first-order valence-corrected chi connectivity index (χ1v) is 9.22. The number of rotatable bonds is 5. The molecule has 6 heteroatoms. The summed E-state index contributed by atoms with van der Waals surface area (Å²) in [5.41, 5.74) is 1.87. The van der Waals surface area contributed by atoms with Gasteiger partial charge in [-0.1, -0.05) is 35.9 Å². The average molecular weight is 374 g/mol. The lowest BCUT2D eigenvalue weighted by atomic mass is 10.2. The van der Waals surface area contributed by atoms with Gasteiger partial charge in [0.1, 0.15) is 12.4 Å². The fourth-order valence-corrected chi connectivity index (χ4v) is 3.14. The number of para-hydroxylation sites is 1. The van der Waals surface area contributed by atoms with Gasteiger partial charge in [-0.2, -0.15) is 0 Å². The molecule has 1 saturated heterocycles. The van der Waals surface area contributed by atoms with Gasteiger partial charge >= 0.3 is 6.03 Å². The largest absolute Gasteiger partial charge is 0.492 e. The third-order valence-electron chi connectivity index (χ3n) is 4.49. The molecule has 1 aliphatic heterocycles. The van der Waals surface area contributed by atoms with Crippen LogP contribution in [0.3, 0.4) is 0 Å². The molecule has 0 radical (unpaired) electrons. The highest BCUT2D eigenvalue weighted by Crippen LogP contribution is 2.17. The van der Waals surface area contributed by atoms with Crippen LogP contribution in [0.4, 0.5) is 10.5 Å². The van der Waals surface area contributed by atoms with Gasteiger partial charge in [0.15, 0.2) is 0 Å². The second kappa shape index (κ2) is 8.92. The summed E-state index contributed by atoms with van der Waals surface area (Å²) >= 11 is 5.95. The van der Waals surface area contributed by atoms with E-state index in [1.807, 2.05) is 48.2 Å². The molecule has 0 aliphatic carbocycles. The second-order valence-electron chi connectivity index (χ2n) is 6.38. The Morgan fingerprint density at radius 3 is 2.62 bits per heavy atom. The van der Waals surface area contributed by atoms with Gasteiger partial charge in [-0.15, -0.1) is 0 Å². The molecule has 1 N–H and O–H groups in total. The molecule has 0 saturated carbocycles. The van der Waals surface area contributed by atoms with Crippen molar-refractivity contribution in [3.05, 3.63) is 59.1 Å². The maximum Gasteiger partial charge on any atom is 0.321 e. The monoisotopic (exact) mass is 373 g/mol. The van der Waals surface area contributed by atoms with Crippen molar-refractivity contribution in [3.63, 3.8) is 0 Å². The normalized spacial score (nSPS) is 14.9. The zero-order valence-electron chi connectivity index (χ0n) is 15.0. The number of halogens is 1. The van der Waals surface area contributed by atoms with Crippen LogP contribution in [-0.2, 0) is 0 Å². The van der Waals surface area contributed by atoms with Gasteiger partial charge in [0.25, 0.3) is 0 Å². The maximum absolute atomic E-state index is 12.4. The van der Waals surface area contributed by atoms with Crippen molar-refractivity contribution < 1.29 is 9.53 Å². The van der Waals surface area contributed by atoms with Crippen molar-refractivity contribution >= 4 is 23.3 Å². The van der Waals surface area contributed by atoms with Crippen LogP contribution in [0.2, 0.25) is 5.02 Å². The summed E-state index contributed by atoms with van der Waals surface area (Å²) in [6.07, 6.45) is 0. The molecule has 0 unspecified atom stereocenters. The number of piperazine rings is 1. The number of aryl methyl sites for hydroxylation is 1. The van der Waals surface area contributed by atoms with Crippen molar-refractivity contribution in [1.82, 2.24) is 9.80 Å². The fraction of sp³-hybridized carbons (Fsp3) is 0.350. The van der Waals surface area contributed by atoms with E-state index >= 15 is 0 Å². The summed E-state index contributed by atoms with van der Waals surface area (Å²) in [6, 6.07) is 15.2. The first-order valence-electron chi connectivity index (χ1n) is 8.84. The van der Waals surface area contributed by atoms with Crippen LogP contribution >= 0.6 is 11.6 Å². The summed E-state index contributed by atoms with van der Waals surface area (Å²) in [5.74, 6) is 0.937. The highest BCUT2D eigenvalue weighted by atomic mass is 35.5. The van der Waals surface area contributed by atoms with E-state index in [-0.39, 0.29) is 6.03 Å². The van der Waals surface area contributed by atoms with Crippen LogP contribution < -0.4 is 10.1 Å². The molecule has 1 fully saturated rings. The first-order chi connectivity index (χ1) is 12.6. The molecule has 2 aromatic carbocycles. The van der Waals surface area contributed by atoms with Gasteiger partial charge in [-0.3, -0.25) is 4.90 Å². The SMILES string of the molecule is Cc1ccccc1OCCN1CCN(C(=O)Nc2cccc(Cl)c2)CC1. The standard InChI is InChI=1S/C20H24ClN3O2/c1-16-5-2-3-8-19(16)26-14-13-23-9-11-24(12-10-23)20(25)22-18-7-4-6-17(21)15-18/h2-8,15H,9-14H2,1H3,(H,22,25). The number of hydrogen-bond donors (Lipinski definition) is 1. The van der Waals surface area contributed by atoms with Gasteiger partial charge in [0, 0.05) is 43.4 Å². The van der Waals surface area contributed by atoms with Crippen molar-refractivity contribution in [2.24, 2.45) is 0 Å². The zero-order valence-corrected chi connectivity index (χ0v) is 15.7. The molecule has 0 atom stereocenters. The fourth-order valence-electron chi connectivity index (χ4n) is 2.95. The van der Waals surface area contributed by atoms with E-state index in [2.05, 4.69) is 10.2 Å². The number of urea groups is 1. The van der Waals surface area contributed by atoms with Crippen LogP contribution in [0.25, 0.3) is 0 Å². The van der Waals surface area contributed by atoms with Crippen molar-refractivity contribution in [2.75, 3.05) is 44.6 Å². The summed E-state index contributed by atoms with van der Waals surface area (Å²) in [7, 11) is 0. The minimum Gasteiger partial charge on any atom is -0.492 e. The first kappa shape index (κ1) is 18.5. The molecule has 3 rings (SSSR count). The number of amides is 2. The van der Waals surface area contributed by atoms with E-state index in [1.165, 1.54) is 0 Å². The van der Waals surface area contributed by atoms with E-state index in [1.54, 1.807) is 12.1 Å². The highest BCUT2D eigenvalue weighted by Gasteiger charge is 2.21. The van der Waals surface area contributed by atoms with Gasteiger partial charge in [0.2, 0.25) is 0 Å². The van der Waals surface area contributed by atoms with Crippen LogP contribution in [-0.4, -0.2) is 55.2 Å². The Morgan fingerprint density at radius 1 is 1.12 bits per heavy atom. The van der Waals surface area contributed by atoms with E-state index < -0.39 is 0 Å². The molecule has 0 spiro atoms. The Hall–Kier alpha value is -2.24. The topological polar surface area (TPSA) is 44.8 Å². The molecule has 138 valence electrons. The Bertz CT molecular complexity index is 745.